The van der Waals surface area contributed by atoms with Gasteiger partial charge in [-0.3, -0.25) is 0 Å². The molecule has 0 saturated heterocycles. The van der Waals surface area contributed by atoms with Gasteiger partial charge < -0.3 is 0 Å². The van der Waals surface area contributed by atoms with Gasteiger partial charge in [0, 0.05) is 11.1 Å². The average Bonchev–Trinajstić information content (AvgIpc) is 2.99. The van der Waals surface area contributed by atoms with Crippen LogP contribution < -0.4 is 0 Å². The van der Waals surface area contributed by atoms with Crippen molar-refractivity contribution in [1.82, 2.24) is 14.8 Å². The molecule has 0 spiro atoms. The molecular weight excluding hydrogens is 258 g/mol. The lowest BCUT2D eigenvalue weighted by Crippen LogP contribution is -2.00. The monoisotopic (exact) mass is 275 g/mol. The topological polar surface area (TPSA) is 30.7 Å². The average molecular weight is 275 g/mol. The Morgan fingerprint density at radius 3 is 2.14 bits per heavy atom. The minimum absolute atomic E-state index is 0.723. The largest absolute Gasteiger partial charge is 0.241 e. The third-order valence-electron chi connectivity index (χ3n) is 3.25. The first-order chi connectivity index (χ1) is 10.4. The van der Waals surface area contributed by atoms with Crippen molar-refractivity contribution in [3.63, 3.8) is 0 Å². The van der Waals surface area contributed by atoms with Crippen LogP contribution in [0.1, 0.15) is 6.92 Å². The fraction of sp³-hybridized carbons (Fsp3) is 0.111. The van der Waals surface area contributed by atoms with Crippen molar-refractivity contribution >= 4 is 0 Å². The van der Waals surface area contributed by atoms with Crippen molar-refractivity contribution in [2.45, 2.75) is 13.5 Å². The molecule has 1 aromatic heterocycles. The molecule has 0 saturated carbocycles. The number of nitrogens with zero attached hydrogens (tertiary/aromatic N) is 3. The van der Waals surface area contributed by atoms with Gasteiger partial charge >= 0.3 is 0 Å². The zero-order chi connectivity index (χ0) is 14.5. The van der Waals surface area contributed by atoms with Crippen molar-refractivity contribution < 1.29 is 0 Å². The molecule has 1 heterocycles. The number of aromatic nitrogens is 3. The highest BCUT2D eigenvalue weighted by atomic mass is 15.3. The molecule has 0 N–H and O–H groups in total. The molecule has 3 heteroatoms. The van der Waals surface area contributed by atoms with Gasteiger partial charge in [0.25, 0.3) is 0 Å². The van der Waals surface area contributed by atoms with Crippen LogP contribution in [-0.2, 0) is 6.54 Å². The maximum Gasteiger partial charge on any atom is 0.181 e. The molecule has 0 radical (unpaired) electrons. The van der Waals surface area contributed by atoms with E-state index >= 15 is 0 Å². The van der Waals surface area contributed by atoms with Crippen LogP contribution in [-0.4, -0.2) is 14.8 Å². The molecule has 0 atom stereocenters. The Hall–Kier alpha value is -2.68. The van der Waals surface area contributed by atoms with E-state index in [4.69, 9.17) is 4.98 Å². The third kappa shape index (κ3) is 2.92. The van der Waals surface area contributed by atoms with Crippen LogP contribution in [0.3, 0.4) is 0 Å². The Labute approximate surface area is 124 Å². The molecular formula is C18H17N3. The van der Waals surface area contributed by atoms with Gasteiger partial charge in [0.1, 0.15) is 0 Å². The maximum absolute atomic E-state index is 4.72. The molecule has 0 unspecified atom stereocenters. The Bertz CT molecular complexity index is 728. The standard InChI is InChI=1S/C18H17N3/c1-2-3-14-21-18(16-12-8-5-9-13-16)19-17(20-21)15-10-6-4-7-11-15/h2-13H,14H2,1H3/b3-2+. The van der Waals surface area contributed by atoms with E-state index in [0.29, 0.717) is 0 Å². The summed E-state index contributed by atoms with van der Waals surface area (Å²) < 4.78 is 1.94. The minimum atomic E-state index is 0.723. The van der Waals surface area contributed by atoms with E-state index in [1.54, 1.807) is 0 Å². The second-order valence-corrected chi connectivity index (χ2v) is 4.74. The van der Waals surface area contributed by atoms with Gasteiger partial charge in [-0.1, -0.05) is 72.8 Å². The van der Waals surface area contributed by atoms with Crippen LogP contribution in [0.5, 0.6) is 0 Å². The van der Waals surface area contributed by atoms with E-state index in [-0.39, 0.29) is 0 Å². The third-order valence-corrected chi connectivity index (χ3v) is 3.25. The van der Waals surface area contributed by atoms with Crippen LogP contribution in [0, 0.1) is 0 Å². The van der Waals surface area contributed by atoms with Crippen molar-refractivity contribution in [1.29, 1.82) is 0 Å². The van der Waals surface area contributed by atoms with E-state index < -0.39 is 0 Å². The van der Waals surface area contributed by atoms with Gasteiger partial charge in [0.2, 0.25) is 0 Å². The van der Waals surface area contributed by atoms with Crippen LogP contribution in [0.15, 0.2) is 72.8 Å². The van der Waals surface area contributed by atoms with Gasteiger partial charge in [0.15, 0.2) is 11.6 Å². The Kier molecular flexibility index (Phi) is 3.92. The van der Waals surface area contributed by atoms with Gasteiger partial charge in [-0.25, -0.2) is 9.67 Å². The lowest BCUT2D eigenvalue weighted by atomic mass is 10.2. The highest BCUT2D eigenvalue weighted by Gasteiger charge is 2.12. The number of allylic oxidation sites excluding steroid dienone is 2. The molecule has 0 aliphatic heterocycles. The number of rotatable bonds is 4. The molecule has 0 amide bonds. The van der Waals surface area contributed by atoms with Gasteiger partial charge in [-0.15, -0.1) is 0 Å². The second-order valence-electron chi connectivity index (χ2n) is 4.74. The van der Waals surface area contributed by atoms with E-state index in [2.05, 4.69) is 23.3 Å². The SMILES string of the molecule is C/C=C/Cn1nc(-c2ccccc2)nc1-c1ccccc1. The van der Waals surface area contributed by atoms with Gasteiger partial charge in [0.05, 0.1) is 6.54 Å². The van der Waals surface area contributed by atoms with E-state index in [1.165, 1.54) is 0 Å². The lowest BCUT2D eigenvalue weighted by Gasteiger charge is -2.02. The van der Waals surface area contributed by atoms with Crippen LogP contribution in [0.2, 0.25) is 0 Å². The van der Waals surface area contributed by atoms with Crippen molar-refractivity contribution in [2.75, 3.05) is 0 Å². The molecule has 21 heavy (non-hydrogen) atoms. The zero-order valence-corrected chi connectivity index (χ0v) is 12.0. The minimum Gasteiger partial charge on any atom is -0.241 e. The Morgan fingerprint density at radius 1 is 0.905 bits per heavy atom. The molecule has 3 rings (SSSR count). The fourth-order valence-corrected chi connectivity index (χ4v) is 2.18. The Balaban J connectivity index is 2.07. The lowest BCUT2D eigenvalue weighted by molar-refractivity contribution is 0.710. The summed E-state index contributed by atoms with van der Waals surface area (Å²) in [6.45, 7) is 2.73. The van der Waals surface area contributed by atoms with E-state index in [1.807, 2.05) is 66.2 Å². The summed E-state index contributed by atoms with van der Waals surface area (Å²) in [5.74, 6) is 1.66. The summed E-state index contributed by atoms with van der Waals surface area (Å²) in [7, 11) is 0. The maximum atomic E-state index is 4.72. The quantitative estimate of drug-likeness (QED) is 0.668. The number of hydrogen-bond acceptors (Lipinski definition) is 2. The summed E-state index contributed by atoms with van der Waals surface area (Å²) >= 11 is 0. The summed E-state index contributed by atoms with van der Waals surface area (Å²) in [5, 5.41) is 4.65. The van der Waals surface area contributed by atoms with Gasteiger partial charge in [-0.05, 0) is 6.92 Å². The highest BCUT2D eigenvalue weighted by molar-refractivity contribution is 5.61. The van der Waals surface area contributed by atoms with Crippen molar-refractivity contribution in [2.24, 2.45) is 0 Å². The predicted octanol–water partition coefficient (Wildman–Crippen LogP) is 4.19. The smallest absolute Gasteiger partial charge is 0.181 e. The van der Waals surface area contributed by atoms with Crippen molar-refractivity contribution in [3.05, 3.63) is 72.8 Å². The van der Waals surface area contributed by atoms with Crippen LogP contribution in [0.25, 0.3) is 22.8 Å². The van der Waals surface area contributed by atoms with E-state index in [0.717, 1.165) is 29.3 Å². The first-order valence-electron chi connectivity index (χ1n) is 7.05. The predicted molar refractivity (Wildman–Crippen MR) is 85.7 cm³/mol. The summed E-state index contributed by atoms with van der Waals surface area (Å²) in [5.41, 5.74) is 2.12. The molecule has 0 aliphatic carbocycles. The first kappa shape index (κ1) is 13.3. The highest BCUT2D eigenvalue weighted by Crippen LogP contribution is 2.22. The molecule has 3 aromatic rings. The first-order valence-corrected chi connectivity index (χ1v) is 7.05. The summed E-state index contributed by atoms with van der Waals surface area (Å²) in [6, 6.07) is 20.2. The van der Waals surface area contributed by atoms with Gasteiger partial charge in [-0.2, -0.15) is 5.10 Å². The fourth-order valence-electron chi connectivity index (χ4n) is 2.18. The zero-order valence-electron chi connectivity index (χ0n) is 12.0. The summed E-state index contributed by atoms with van der Waals surface area (Å²) in [6.07, 6.45) is 4.11. The normalized spacial score (nSPS) is 11.1. The number of benzene rings is 2. The molecule has 3 nitrogen and oxygen atoms in total. The Morgan fingerprint density at radius 2 is 1.52 bits per heavy atom. The summed E-state index contributed by atoms with van der Waals surface area (Å²) in [4.78, 5) is 4.72. The van der Waals surface area contributed by atoms with E-state index in [9.17, 15) is 0 Å². The van der Waals surface area contributed by atoms with Crippen molar-refractivity contribution in [3.8, 4) is 22.8 Å². The number of hydrogen-bond donors (Lipinski definition) is 0. The second kappa shape index (κ2) is 6.18. The molecule has 0 bridgehead atoms. The molecule has 104 valence electrons. The molecule has 2 aromatic carbocycles. The molecule has 0 aliphatic rings. The van der Waals surface area contributed by atoms with Crippen LogP contribution in [0.4, 0.5) is 0 Å². The molecule has 0 fully saturated rings. The van der Waals surface area contributed by atoms with Crippen LogP contribution >= 0.6 is 0 Å².